The van der Waals surface area contributed by atoms with Crippen molar-refractivity contribution in [1.82, 2.24) is 5.32 Å². The molecule has 80 valence electrons. The molecule has 3 heteroatoms. The predicted molar refractivity (Wildman–Crippen MR) is 55.7 cm³/mol. The maximum absolute atomic E-state index is 9.26. The fraction of sp³-hybridized carbons (Fsp3) is 0.909. The van der Waals surface area contributed by atoms with E-state index in [-0.39, 0.29) is 24.1 Å². The Kier molecular flexibility index (Phi) is 3.91. The zero-order valence-corrected chi connectivity index (χ0v) is 9.08. The van der Waals surface area contributed by atoms with E-state index in [2.05, 4.69) is 18.3 Å². The Morgan fingerprint density at radius 2 is 2.29 bits per heavy atom. The van der Waals surface area contributed by atoms with Crippen LogP contribution < -0.4 is 5.32 Å². The zero-order valence-electron chi connectivity index (χ0n) is 9.08. The van der Waals surface area contributed by atoms with Crippen molar-refractivity contribution in [2.45, 2.75) is 51.1 Å². The summed E-state index contributed by atoms with van der Waals surface area (Å²) >= 11 is 0. The van der Waals surface area contributed by atoms with Gasteiger partial charge in [-0.2, -0.15) is 5.26 Å². The smallest absolute Gasteiger partial charge is 0.0672 e. The molecule has 0 aliphatic heterocycles. The number of nitrogens with one attached hydrogen (secondary N) is 1. The van der Waals surface area contributed by atoms with Crippen LogP contribution in [0.3, 0.4) is 0 Å². The van der Waals surface area contributed by atoms with Gasteiger partial charge in [-0.05, 0) is 26.2 Å². The maximum atomic E-state index is 9.26. The van der Waals surface area contributed by atoms with Gasteiger partial charge in [0.15, 0.2) is 0 Å². The molecule has 0 aromatic heterocycles. The lowest BCUT2D eigenvalue weighted by atomic mass is 9.96. The largest absolute Gasteiger partial charge is 0.394 e. The van der Waals surface area contributed by atoms with Crippen LogP contribution in [0.4, 0.5) is 0 Å². The van der Waals surface area contributed by atoms with Gasteiger partial charge in [-0.3, -0.25) is 0 Å². The molecule has 0 saturated heterocycles. The number of nitriles is 1. The normalized spacial score (nSPS) is 31.0. The molecular formula is C11H20N2O. The lowest BCUT2D eigenvalue weighted by Gasteiger charge is -2.32. The fourth-order valence-corrected chi connectivity index (χ4v) is 1.99. The molecule has 0 aromatic carbocycles. The minimum atomic E-state index is -0.218. The van der Waals surface area contributed by atoms with Gasteiger partial charge in [0.25, 0.3) is 0 Å². The molecule has 3 nitrogen and oxygen atoms in total. The van der Waals surface area contributed by atoms with Crippen molar-refractivity contribution < 1.29 is 5.11 Å². The summed E-state index contributed by atoms with van der Waals surface area (Å²) in [5.41, 5.74) is -0.218. The fourth-order valence-electron chi connectivity index (χ4n) is 1.99. The third-order valence-corrected chi connectivity index (χ3v) is 3.34. The van der Waals surface area contributed by atoms with Crippen LogP contribution >= 0.6 is 0 Å². The summed E-state index contributed by atoms with van der Waals surface area (Å²) in [5, 5.41) is 21.6. The van der Waals surface area contributed by atoms with E-state index in [1.165, 1.54) is 0 Å². The third-order valence-electron chi connectivity index (χ3n) is 3.34. The minimum Gasteiger partial charge on any atom is -0.394 e. The van der Waals surface area contributed by atoms with Gasteiger partial charge in [-0.25, -0.2) is 0 Å². The first-order valence-electron chi connectivity index (χ1n) is 5.43. The van der Waals surface area contributed by atoms with E-state index in [1.54, 1.807) is 0 Å². The van der Waals surface area contributed by atoms with Gasteiger partial charge < -0.3 is 10.4 Å². The molecule has 14 heavy (non-hydrogen) atoms. The molecule has 1 rings (SSSR count). The molecule has 0 spiro atoms. The van der Waals surface area contributed by atoms with Crippen molar-refractivity contribution >= 4 is 0 Å². The van der Waals surface area contributed by atoms with Crippen LogP contribution in [0.15, 0.2) is 0 Å². The quantitative estimate of drug-likeness (QED) is 0.715. The molecule has 0 heterocycles. The Hall–Kier alpha value is -0.590. The molecule has 3 atom stereocenters. The van der Waals surface area contributed by atoms with Crippen molar-refractivity contribution in [2.24, 2.45) is 5.92 Å². The molecule has 3 unspecified atom stereocenters. The molecule has 0 bridgehead atoms. The first kappa shape index (κ1) is 11.5. The van der Waals surface area contributed by atoms with Gasteiger partial charge in [0.1, 0.15) is 0 Å². The van der Waals surface area contributed by atoms with E-state index in [4.69, 9.17) is 5.26 Å². The molecule has 1 fully saturated rings. The second kappa shape index (κ2) is 4.77. The standard InChI is InChI=1S/C11H20N2O/c1-3-11(2,8-14)13-10-6-4-5-9(10)7-12/h9-10,13-14H,3-6,8H2,1-2H3. The lowest BCUT2D eigenvalue weighted by Crippen LogP contribution is -2.51. The van der Waals surface area contributed by atoms with Gasteiger partial charge in [-0.15, -0.1) is 0 Å². The SMILES string of the molecule is CCC(C)(CO)NC1CCCC1C#N. The number of aliphatic hydroxyl groups is 1. The highest BCUT2D eigenvalue weighted by Crippen LogP contribution is 2.27. The summed E-state index contributed by atoms with van der Waals surface area (Å²) < 4.78 is 0. The highest BCUT2D eigenvalue weighted by Gasteiger charge is 2.32. The van der Waals surface area contributed by atoms with E-state index in [0.717, 1.165) is 25.7 Å². The Morgan fingerprint density at radius 1 is 1.57 bits per heavy atom. The van der Waals surface area contributed by atoms with Crippen LogP contribution in [-0.4, -0.2) is 23.3 Å². The van der Waals surface area contributed by atoms with Gasteiger partial charge in [0.2, 0.25) is 0 Å². The lowest BCUT2D eigenvalue weighted by molar-refractivity contribution is 0.152. The average molecular weight is 196 g/mol. The molecule has 0 aromatic rings. The zero-order chi connectivity index (χ0) is 10.6. The van der Waals surface area contributed by atoms with Crippen molar-refractivity contribution in [2.75, 3.05) is 6.61 Å². The molecule has 0 amide bonds. The first-order chi connectivity index (χ1) is 6.65. The van der Waals surface area contributed by atoms with Crippen LogP contribution in [0.5, 0.6) is 0 Å². The molecule has 1 saturated carbocycles. The van der Waals surface area contributed by atoms with Crippen molar-refractivity contribution in [3.05, 3.63) is 0 Å². The Morgan fingerprint density at radius 3 is 2.79 bits per heavy atom. The highest BCUT2D eigenvalue weighted by molar-refractivity contribution is 4.99. The second-order valence-corrected chi connectivity index (χ2v) is 4.49. The predicted octanol–water partition coefficient (Wildman–Crippen LogP) is 1.43. The van der Waals surface area contributed by atoms with Crippen molar-refractivity contribution in [3.63, 3.8) is 0 Å². The maximum Gasteiger partial charge on any atom is 0.0672 e. The number of aliphatic hydroxyl groups excluding tert-OH is 1. The third kappa shape index (κ3) is 2.46. The molecule has 1 aliphatic rings. The van der Waals surface area contributed by atoms with E-state index >= 15 is 0 Å². The van der Waals surface area contributed by atoms with Crippen LogP contribution in [0.1, 0.15) is 39.5 Å². The molecule has 0 radical (unpaired) electrons. The highest BCUT2D eigenvalue weighted by atomic mass is 16.3. The van der Waals surface area contributed by atoms with Crippen molar-refractivity contribution in [3.8, 4) is 6.07 Å². The summed E-state index contributed by atoms with van der Waals surface area (Å²) in [4.78, 5) is 0. The van der Waals surface area contributed by atoms with E-state index in [1.807, 2.05) is 6.92 Å². The molecule has 2 N–H and O–H groups in total. The van der Waals surface area contributed by atoms with Crippen LogP contribution in [0.25, 0.3) is 0 Å². The average Bonchev–Trinajstić information content (AvgIpc) is 2.65. The van der Waals surface area contributed by atoms with Crippen LogP contribution in [0.2, 0.25) is 0 Å². The monoisotopic (exact) mass is 196 g/mol. The number of rotatable bonds is 4. The van der Waals surface area contributed by atoms with Crippen molar-refractivity contribution in [1.29, 1.82) is 5.26 Å². The molecular weight excluding hydrogens is 176 g/mol. The topological polar surface area (TPSA) is 56.0 Å². The summed E-state index contributed by atoms with van der Waals surface area (Å²) in [7, 11) is 0. The summed E-state index contributed by atoms with van der Waals surface area (Å²) in [6, 6.07) is 2.62. The Bertz CT molecular complexity index is 218. The summed E-state index contributed by atoms with van der Waals surface area (Å²) in [6.07, 6.45) is 4.08. The Labute approximate surface area is 86.1 Å². The van der Waals surface area contributed by atoms with Crippen LogP contribution in [-0.2, 0) is 0 Å². The Balaban J connectivity index is 2.54. The number of nitrogens with zero attached hydrogens (tertiary/aromatic N) is 1. The van der Waals surface area contributed by atoms with Gasteiger partial charge in [0.05, 0.1) is 18.6 Å². The number of hydrogen-bond donors (Lipinski definition) is 2. The minimum absolute atomic E-state index is 0.132. The van der Waals surface area contributed by atoms with Gasteiger partial charge >= 0.3 is 0 Å². The van der Waals surface area contributed by atoms with E-state index in [9.17, 15) is 5.11 Å². The summed E-state index contributed by atoms with van der Waals surface area (Å²) in [5.74, 6) is 0.132. The molecule has 1 aliphatic carbocycles. The van der Waals surface area contributed by atoms with Crippen LogP contribution in [0, 0.1) is 17.2 Å². The van der Waals surface area contributed by atoms with Gasteiger partial charge in [-0.1, -0.05) is 13.3 Å². The summed E-state index contributed by atoms with van der Waals surface area (Å²) in [6.45, 7) is 4.21. The van der Waals surface area contributed by atoms with E-state index in [0.29, 0.717) is 0 Å². The number of hydrogen-bond acceptors (Lipinski definition) is 3. The van der Waals surface area contributed by atoms with E-state index < -0.39 is 0 Å². The first-order valence-corrected chi connectivity index (χ1v) is 5.43. The second-order valence-electron chi connectivity index (χ2n) is 4.49. The van der Waals surface area contributed by atoms with Gasteiger partial charge in [0, 0.05) is 11.6 Å².